The van der Waals surface area contributed by atoms with Crippen LogP contribution in [0, 0.1) is 0 Å². The van der Waals surface area contributed by atoms with Crippen LogP contribution >= 0.6 is 24.0 Å². The second-order valence-electron chi connectivity index (χ2n) is 6.76. The minimum absolute atomic E-state index is 0.0820. The van der Waals surface area contributed by atoms with Crippen molar-refractivity contribution in [1.82, 2.24) is 5.32 Å². The lowest BCUT2D eigenvalue weighted by molar-refractivity contribution is -0.121. The van der Waals surface area contributed by atoms with Crippen LogP contribution in [-0.2, 0) is 26.0 Å². The van der Waals surface area contributed by atoms with Crippen molar-refractivity contribution < 1.29 is 22.7 Å². The van der Waals surface area contributed by atoms with Gasteiger partial charge in [0.05, 0.1) is 22.0 Å². The Hall–Kier alpha value is -2.69. The highest BCUT2D eigenvalue weighted by Crippen LogP contribution is 2.35. The van der Waals surface area contributed by atoms with Gasteiger partial charge in [-0.2, -0.15) is 0 Å². The van der Waals surface area contributed by atoms with Crippen LogP contribution in [0.25, 0.3) is 6.08 Å². The summed E-state index contributed by atoms with van der Waals surface area (Å²) in [5.74, 6) is 0.0927. The van der Waals surface area contributed by atoms with E-state index in [2.05, 4.69) is 5.32 Å². The highest BCUT2D eigenvalue weighted by atomic mass is 32.2. The Morgan fingerprint density at radius 2 is 1.93 bits per heavy atom. The molecule has 4 rings (SSSR count). The van der Waals surface area contributed by atoms with E-state index in [9.17, 15) is 18.0 Å². The maximum absolute atomic E-state index is 12.5. The number of carbonyl (C=O) groups excluding carboxylic acids is 2. The van der Waals surface area contributed by atoms with Gasteiger partial charge in [-0.05, 0) is 41.5 Å². The van der Waals surface area contributed by atoms with E-state index in [-0.39, 0.29) is 29.9 Å². The zero-order chi connectivity index (χ0) is 21.5. The van der Waals surface area contributed by atoms with E-state index in [1.54, 1.807) is 41.3 Å². The molecule has 2 amide bonds. The standard InChI is InChI=1S/C20H16N2O5S3/c1-30(25,26)14-5-2-12(3-6-14)10-22-15-8-13(4-7-16(15)27-11-18(22)23)9-17-19(24)21-20(28)29-17/h2-9H,10-11H2,1H3,(H,21,24,28)/b17-9-. The molecule has 0 radical (unpaired) electrons. The third kappa shape index (κ3) is 4.25. The molecule has 0 aliphatic carbocycles. The van der Waals surface area contributed by atoms with Gasteiger partial charge in [0, 0.05) is 6.26 Å². The van der Waals surface area contributed by atoms with Gasteiger partial charge in [-0.3, -0.25) is 9.59 Å². The third-order valence-electron chi connectivity index (χ3n) is 4.56. The fourth-order valence-electron chi connectivity index (χ4n) is 3.08. The predicted octanol–water partition coefficient (Wildman–Crippen LogP) is 2.50. The number of rotatable bonds is 4. The molecule has 7 nitrogen and oxygen atoms in total. The Kier molecular flexibility index (Phi) is 5.39. The molecular weight excluding hydrogens is 444 g/mol. The van der Waals surface area contributed by atoms with Crippen LogP contribution in [0.15, 0.2) is 52.3 Å². The number of nitrogens with one attached hydrogen (secondary N) is 1. The number of benzene rings is 2. The van der Waals surface area contributed by atoms with E-state index in [1.165, 1.54) is 23.9 Å². The number of thioether (sulfide) groups is 1. The molecule has 0 saturated carbocycles. The SMILES string of the molecule is CS(=O)(=O)c1ccc(CN2C(=O)COc3ccc(/C=C4\SC(=S)NC4=O)cc32)cc1. The van der Waals surface area contributed by atoms with Crippen molar-refractivity contribution in [1.29, 1.82) is 0 Å². The molecule has 154 valence electrons. The summed E-state index contributed by atoms with van der Waals surface area (Å²) in [6.07, 6.45) is 2.85. The Balaban J connectivity index is 1.64. The number of hydrogen-bond donors (Lipinski definition) is 1. The Bertz CT molecular complexity index is 1200. The number of anilines is 1. The Labute approximate surface area is 183 Å². The van der Waals surface area contributed by atoms with Crippen molar-refractivity contribution in [3.05, 3.63) is 58.5 Å². The van der Waals surface area contributed by atoms with Gasteiger partial charge in [0.1, 0.15) is 10.1 Å². The van der Waals surface area contributed by atoms with Gasteiger partial charge >= 0.3 is 0 Å². The number of hydrogen-bond acceptors (Lipinski definition) is 7. The molecule has 10 heteroatoms. The second kappa shape index (κ2) is 7.86. The highest BCUT2D eigenvalue weighted by Gasteiger charge is 2.27. The topological polar surface area (TPSA) is 92.8 Å². The Morgan fingerprint density at radius 3 is 2.57 bits per heavy atom. The molecule has 2 aliphatic heterocycles. The van der Waals surface area contributed by atoms with Crippen molar-refractivity contribution in [2.45, 2.75) is 11.4 Å². The van der Waals surface area contributed by atoms with Gasteiger partial charge < -0.3 is 15.0 Å². The van der Waals surface area contributed by atoms with Gasteiger partial charge in [-0.15, -0.1) is 0 Å². The lowest BCUT2D eigenvalue weighted by Crippen LogP contribution is -2.38. The van der Waals surface area contributed by atoms with E-state index in [0.29, 0.717) is 20.7 Å². The molecule has 2 aromatic rings. The first-order valence-corrected chi connectivity index (χ1v) is 11.9. The van der Waals surface area contributed by atoms with Crippen LogP contribution < -0.4 is 15.0 Å². The summed E-state index contributed by atoms with van der Waals surface area (Å²) < 4.78 is 29.2. The highest BCUT2D eigenvalue weighted by molar-refractivity contribution is 8.26. The van der Waals surface area contributed by atoms with Gasteiger partial charge in [-0.1, -0.05) is 42.2 Å². The van der Waals surface area contributed by atoms with Crippen LogP contribution in [0.4, 0.5) is 5.69 Å². The van der Waals surface area contributed by atoms with Gasteiger partial charge in [-0.25, -0.2) is 8.42 Å². The molecule has 0 spiro atoms. The average molecular weight is 461 g/mol. The van der Waals surface area contributed by atoms with Crippen molar-refractivity contribution in [3.63, 3.8) is 0 Å². The number of thiocarbonyl (C=S) groups is 1. The van der Waals surface area contributed by atoms with E-state index < -0.39 is 9.84 Å². The van der Waals surface area contributed by atoms with Crippen molar-refractivity contribution in [3.8, 4) is 5.75 Å². The monoisotopic (exact) mass is 460 g/mol. The number of nitrogens with zero attached hydrogens (tertiary/aromatic N) is 1. The summed E-state index contributed by atoms with van der Waals surface area (Å²) in [7, 11) is -3.29. The average Bonchev–Trinajstić information content (AvgIpc) is 3.00. The maximum Gasteiger partial charge on any atom is 0.265 e. The molecule has 2 aromatic carbocycles. The summed E-state index contributed by atoms with van der Waals surface area (Å²) in [6, 6.07) is 11.8. The van der Waals surface area contributed by atoms with Gasteiger partial charge in [0.2, 0.25) is 0 Å². The predicted molar refractivity (Wildman–Crippen MR) is 119 cm³/mol. The first-order chi connectivity index (χ1) is 14.2. The van der Waals surface area contributed by atoms with E-state index >= 15 is 0 Å². The summed E-state index contributed by atoms with van der Waals surface area (Å²) in [5, 5.41) is 2.57. The fraction of sp³-hybridized carbons (Fsp3) is 0.150. The number of ether oxygens (including phenoxy) is 1. The van der Waals surface area contributed by atoms with Crippen LogP contribution in [-0.4, -0.2) is 37.4 Å². The zero-order valence-corrected chi connectivity index (χ0v) is 18.2. The summed E-state index contributed by atoms with van der Waals surface area (Å²) in [5.41, 5.74) is 2.09. The number of sulfone groups is 1. The zero-order valence-electron chi connectivity index (χ0n) is 15.7. The molecule has 0 atom stereocenters. The van der Waals surface area contributed by atoms with E-state index in [1.807, 2.05) is 0 Å². The van der Waals surface area contributed by atoms with Crippen LogP contribution in [0.2, 0.25) is 0 Å². The third-order valence-corrected chi connectivity index (χ3v) is 6.85. The summed E-state index contributed by atoms with van der Waals surface area (Å²) in [6.45, 7) is 0.181. The van der Waals surface area contributed by atoms with Crippen LogP contribution in [0.1, 0.15) is 11.1 Å². The Morgan fingerprint density at radius 1 is 1.20 bits per heavy atom. The molecule has 30 heavy (non-hydrogen) atoms. The molecule has 2 aliphatic rings. The van der Waals surface area contributed by atoms with Crippen molar-refractivity contribution >= 4 is 61.7 Å². The minimum atomic E-state index is -3.29. The normalized spacial score (nSPS) is 17.7. The fourth-order valence-corrected chi connectivity index (χ4v) is 4.75. The quantitative estimate of drug-likeness (QED) is 0.554. The van der Waals surface area contributed by atoms with Crippen LogP contribution in [0.3, 0.4) is 0 Å². The molecule has 1 saturated heterocycles. The van der Waals surface area contributed by atoms with E-state index in [0.717, 1.165) is 17.4 Å². The number of carbonyl (C=O) groups is 2. The van der Waals surface area contributed by atoms with Gasteiger partial charge in [0.25, 0.3) is 11.8 Å². The molecule has 0 aromatic heterocycles. The molecule has 1 fully saturated rings. The first-order valence-electron chi connectivity index (χ1n) is 8.82. The largest absolute Gasteiger partial charge is 0.482 e. The van der Waals surface area contributed by atoms with Crippen molar-refractivity contribution in [2.24, 2.45) is 0 Å². The summed E-state index contributed by atoms with van der Waals surface area (Å²) in [4.78, 5) is 26.7. The summed E-state index contributed by atoms with van der Waals surface area (Å²) >= 11 is 6.19. The lowest BCUT2D eigenvalue weighted by atomic mass is 10.1. The molecule has 0 bridgehead atoms. The smallest absolute Gasteiger partial charge is 0.265 e. The van der Waals surface area contributed by atoms with E-state index in [4.69, 9.17) is 17.0 Å². The number of fused-ring (bicyclic) bond motifs is 1. The second-order valence-corrected chi connectivity index (χ2v) is 10.5. The first kappa shape index (κ1) is 20.6. The van der Waals surface area contributed by atoms with Crippen LogP contribution in [0.5, 0.6) is 5.75 Å². The number of amides is 2. The molecule has 0 unspecified atom stereocenters. The molecular formula is C20H16N2O5S3. The maximum atomic E-state index is 12.5. The lowest BCUT2D eigenvalue weighted by Gasteiger charge is -2.29. The molecule has 2 heterocycles. The van der Waals surface area contributed by atoms with Crippen molar-refractivity contribution in [2.75, 3.05) is 17.8 Å². The minimum Gasteiger partial charge on any atom is -0.482 e. The molecule has 1 N–H and O–H groups in total. The van der Waals surface area contributed by atoms with Gasteiger partial charge in [0.15, 0.2) is 16.4 Å².